The molecule has 0 aliphatic heterocycles. The summed E-state index contributed by atoms with van der Waals surface area (Å²) in [4.78, 5) is 11.6. The summed E-state index contributed by atoms with van der Waals surface area (Å²) in [6.45, 7) is 6.66. The van der Waals surface area contributed by atoms with E-state index in [2.05, 4.69) is 12.2 Å². The molecule has 1 rings (SSSR count). The first kappa shape index (κ1) is 17.1. The van der Waals surface area contributed by atoms with Crippen LogP contribution in [0, 0.1) is 0 Å². The van der Waals surface area contributed by atoms with Gasteiger partial charge in [-0.3, -0.25) is 4.79 Å². The molecular weight excluding hydrogens is 266 g/mol. The Morgan fingerprint density at radius 2 is 2.10 bits per heavy atom. The number of carbonyl (C=O) groups is 1. The Bertz CT molecular complexity index is 481. The minimum absolute atomic E-state index is 0.104. The van der Waals surface area contributed by atoms with Crippen molar-refractivity contribution < 1.29 is 14.3 Å². The third-order valence-corrected chi connectivity index (χ3v) is 2.80. The van der Waals surface area contributed by atoms with Crippen molar-refractivity contribution in [1.29, 1.82) is 0 Å². The second-order valence-electron chi connectivity index (χ2n) is 5.11. The maximum atomic E-state index is 11.6. The smallest absolute Gasteiger partial charge is 0.244 e. The van der Waals surface area contributed by atoms with Gasteiger partial charge in [0, 0.05) is 12.1 Å². The molecule has 0 saturated heterocycles. The molecule has 0 aromatic heterocycles. The quantitative estimate of drug-likeness (QED) is 0.590. The molecule has 1 aromatic rings. The number of methoxy groups -OCH3 is 1. The second-order valence-corrected chi connectivity index (χ2v) is 5.11. The maximum absolute atomic E-state index is 11.6. The highest BCUT2D eigenvalue weighted by atomic mass is 16.5. The van der Waals surface area contributed by atoms with E-state index < -0.39 is 0 Å². The van der Waals surface area contributed by atoms with E-state index >= 15 is 0 Å². The van der Waals surface area contributed by atoms with Gasteiger partial charge in [0.1, 0.15) is 0 Å². The number of carbonyl (C=O) groups excluding carboxylic acids is 1. The van der Waals surface area contributed by atoms with Crippen LogP contribution in [0.1, 0.15) is 39.2 Å². The van der Waals surface area contributed by atoms with Crippen LogP contribution in [0.15, 0.2) is 24.3 Å². The molecule has 0 fully saturated rings. The van der Waals surface area contributed by atoms with Gasteiger partial charge in [-0.15, -0.1) is 0 Å². The fraction of sp³-hybridized carbons (Fsp3) is 0.471. The van der Waals surface area contributed by atoms with E-state index in [1.165, 1.54) is 6.08 Å². The number of amides is 1. The SMILES string of the molecule is CCCCOc1ccc(/C=C/C(=O)NC(C)C)cc1OC. The second kappa shape index (κ2) is 9.06. The molecule has 0 atom stereocenters. The van der Waals surface area contributed by atoms with Crippen molar-refractivity contribution in [2.45, 2.75) is 39.7 Å². The van der Waals surface area contributed by atoms with Crippen molar-refractivity contribution in [2.75, 3.05) is 13.7 Å². The summed E-state index contributed by atoms with van der Waals surface area (Å²) in [5.74, 6) is 1.31. The lowest BCUT2D eigenvalue weighted by atomic mass is 10.2. The topological polar surface area (TPSA) is 47.6 Å². The number of benzene rings is 1. The van der Waals surface area contributed by atoms with Crippen LogP contribution in [-0.4, -0.2) is 25.7 Å². The molecule has 0 heterocycles. The predicted octanol–water partition coefficient (Wildman–Crippen LogP) is 3.41. The third kappa shape index (κ3) is 6.34. The Morgan fingerprint density at radius 1 is 1.33 bits per heavy atom. The molecular formula is C17H25NO3. The van der Waals surface area contributed by atoms with Gasteiger partial charge < -0.3 is 14.8 Å². The number of hydrogen-bond donors (Lipinski definition) is 1. The summed E-state index contributed by atoms with van der Waals surface area (Å²) in [5, 5.41) is 2.81. The lowest BCUT2D eigenvalue weighted by Crippen LogP contribution is -2.28. The average Bonchev–Trinajstić information content (AvgIpc) is 2.45. The van der Waals surface area contributed by atoms with E-state index in [1.807, 2.05) is 32.0 Å². The Labute approximate surface area is 127 Å². The first-order valence-electron chi connectivity index (χ1n) is 7.36. The van der Waals surface area contributed by atoms with E-state index in [4.69, 9.17) is 9.47 Å². The summed E-state index contributed by atoms with van der Waals surface area (Å²) in [6, 6.07) is 5.77. The van der Waals surface area contributed by atoms with Crippen molar-refractivity contribution in [2.24, 2.45) is 0 Å². The number of hydrogen-bond acceptors (Lipinski definition) is 3. The van der Waals surface area contributed by atoms with Crippen LogP contribution in [0.2, 0.25) is 0 Å². The van der Waals surface area contributed by atoms with E-state index in [9.17, 15) is 4.79 Å². The minimum Gasteiger partial charge on any atom is -0.493 e. The van der Waals surface area contributed by atoms with Gasteiger partial charge in [0.25, 0.3) is 0 Å². The molecule has 4 nitrogen and oxygen atoms in total. The summed E-state index contributed by atoms with van der Waals surface area (Å²) in [5.41, 5.74) is 0.897. The molecule has 0 spiro atoms. The molecule has 0 saturated carbocycles. The molecule has 1 aromatic carbocycles. The highest BCUT2D eigenvalue weighted by Gasteiger charge is 2.05. The largest absolute Gasteiger partial charge is 0.493 e. The molecule has 0 aliphatic rings. The lowest BCUT2D eigenvalue weighted by molar-refractivity contribution is -0.116. The first-order valence-corrected chi connectivity index (χ1v) is 7.36. The van der Waals surface area contributed by atoms with Gasteiger partial charge in [0.15, 0.2) is 11.5 Å². The lowest BCUT2D eigenvalue weighted by Gasteiger charge is -2.11. The van der Waals surface area contributed by atoms with E-state index in [0.29, 0.717) is 12.4 Å². The molecule has 116 valence electrons. The highest BCUT2D eigenvalue weighted by molar-refractivity contribution is 5.91. The van der Waals surface area contributed by atoms with E-state index in [0.717, 1.165) is 24.2 Å². The molecule has 1 N–H and O–H groups in total. The molecule has 0 bridgehead atoms. The van der Waals surface area contributed by atoms with Crippen molar-refractivity contribution in [3.05, 3.63) is 29.8 Å². The minimum atomic E-state index is -0.104. The molecule has 4 heteroatoms. The molecule has 21 heavy (non-hydrogen) atoms. The third-order valence-electron chi connectivity index (χ3n) is 2.80. The van der Waals surface area contributed by atoms with Crippen LogP contribution in [0.25, 0.3) is 6.08 Å². The fourth-order valence-corrected chi connectivity index (χ4v) is 1.74. The van der Waals surface area contributed by atoms with Crippen LogP contribution in [0.4, 0.5) is 0 Å². The van der Waals surface area contributed by atoms with E-state index in [1.54, 1.807) is 13.2 Å². The zero-order valence-corrected chi connectivity index (χ0v) is 13.3. The number of nitrogens with one attached hydrogen (secondary N) is 1. The fourth-order valence-electron chi connectivity index (χ4n) is 1.74. The number of ether oxygens (including phenoxy) is 2. The average molecular weight is 291 g/mol. The van der Waals surface area contributed by atoms with Crippen LogP contribution >= 0.6 is 0 Å². The van der Waals surface area contributed by atoms with Crippen molar-refractivity contribution in [3.8, 4) is 11.5 Å². The number of rotatable bonds is 8. The normalized spacial score (nSPS) is 10.9. The molecule has 0 unspecified atom stereocenters. The van der Waals surface area contributed by atoms with Gasteiger partial charge in [-0.1, -0.05) is 19.4 Å². The Kier molecular flexibility index (Phi) is 7.37. The number of unbranched alkanes of at least 4 members (excludes halogenated alkanes) is 1. The van der Waals surface area contributed by atoms with Gasteiger partial charge in [-0.2, -0.15) is 0 Å². The van der Waals surface area contributed by atoms with Gasteiger partial charge in [-0.25, -0.2) is 0 Å². The summed E-state index contributed by atoms with van der Waals surface area (Å²) in [7, 11) is 1.61. The standard InChI is InChI=1S/C17H25NO3/c1-5-6-11-21-15-9-7-14(12-16(15)20-4)8-10-17(19)18-13(2)3/h7-10,12-13H,5-6,11H2,1-4H3,(H,18,19)/b10-8+. The zero-order valence-electron chi connectivity index (χ0n) is 13.3. The molecule has 1 amide bonds. The van der Waals surface area contributed by atoms with Crippen molar-refractivity contribution in [1.82, 2.24) is 5.32 Å². The van der Waals surface area contributed by atoms with Gasteiger partial charge >= 0.3 is 0 Å². The maximum Gasteiger partial charge on any atom is 0.244 e. The van der Waals surface area contributed by atoms with Crippen LogP contribution < -0.4 is 14.8 Å². The first-order chi connectivity index (χ1) is 10.1. The Balaban J connectivity index is 2.72. The monoisotopic (exact) mass is 291 g/mol. The highest BCUT2D eigenvalue weighted by Crippen LogP contribution is 2.28. The zero-order chi connectivity index (χ0) is 15.7. The summed E-state index contributed by atoms with van der Waals surface area (Å²) < 4.78 is 11.0. The molecule has 0 aliphatic carbocycles. The van der Waals surface area contributed by atoms with E-state index in [-0.39, 0.29) is 11.9 Å². The van der Waals surface area contributed by atoms with Crippen LogP contribution in [-0.2, 0) is 4.79 Å². The summed E-state index contributed by atoms with van der Waals surface area (Å²) in [6.07, 6.45) is 5.39. The van der Waals surface area contributed by atoms with Gasteiger partial charge in [0.2, 0.25) is 5.91 Å². The Hall–Kier alpha value is -1.97. The predicted molar refractivity (Wildman–Crippen MR) is 85.7 cm³/mol. The van der Waals surface area contributed by atoms with Crippen LogP contribution in [0.3, 0.4) is 0 Å². The van der Waals surface area contributed by atoms with Gasteiger partial charge in [0.05, 0.1) is 13.7 Å². The van der Waals surface area contributed by atoms with Gasteiger partial charge in [-0.05, 0) is 44.0 Å². The van der Waals surface area contributed by atoms with Crippen molar-refractivity contribution in [3.63, 3.8) is 0 Å². The summed E-state index contributed by atoms with van der Waals surface area (Å²) >= 11 is 0. The van der Waals surface area contributed by atoms with Crippen molar-refractivity contribution >= 4 is 12.0 Å². The Morgan fingerprint density at radius 3 is 2.71 bits per heavy atom. The molecule has 0 radical (unpaired) electrons. The van der Waals surface area contributed by atoms with Crippen LogP contribution in [0.5, 0.6) is 11.5 Å².